The summed E-state index contributed by atoms with van der Waals surface area (Å²) in [4.78, 5) is 16.8. The lowest BCUT2D eigenvalue weighted by Crippen LogP contribution is -2.20. The average molecular weight is 469 g/mol. The number of carbonyl (C=O) groups is 1. The normalized spacial score (nSPS) is 12.0. The number of ether oxygens (including phenoxy) is 1. The van der Waals surface area contributed by atoms with Gasteiger partial charge in [-0.25, -0.2) is 4.98 Å². The summed E-state index contributed by atoms with van der Waals surface area (Å²) in [7, 11) is 0. The molecule has 164 valence electrons. The third-order valence-corrected chi connectivity index (χ3v) is 6.01. The number of benzene rings is 3. The van der Waals surface area contributed by atoms with E-state index in [-0.39, 0.29) is 12.5 Å². The number of nitrogens with one attached hydrogen (secondary N) is 1. The molecule has 1 heterocycles. The highest BCUT2D eigenvalue weighted by molar-refractivity contribution is 6.42. The first-order chi connectivity index (χ1) is 15.4. The Labute approximate surface area is 196 Å². The predicted octanol–water partition coefficient (Wildman–Crippen LogP) is 7.33. The zero-order valence-corrected chi connectivity index (χ0v) is 19.2. The van der Waals surface area contributed by atoms with Crippen LogP contribution in [0.4, 0.5) is 5.69 Å². The van der Waals surface area contributed by atoms with Crippen molar-refractivity contribution in [3.63, 3.8) is 0 Å². The number of amides is 1. The van der Waals surface area contributed by atoms with Crippen molar-refractivity contribution >= 4 is 45.9 Å². The van der Waals surface area contributed by atoms with Crippen LogP contribution >= 0.6 is 23.2 Å². The van der Waals surface area contributed by atoms with Gasteiger partial charge < -0.3 is 14.5 Å². The maximum absolute atomic E-state index is 12.3. The molecule has 0 radical (unpaired) electrons. The minimum atomic E-state index is -0.261. The van der Waals surface area contributed by atoms with Gasteiger partial charge in [-0.15, -0.1) is 0 Å². The number of hydrogen-bond acceptors (Lipinski definition) is 4. The van der Waals surface area contributed by atoms with Crippen LogP contribution in [0.3, 0.4) is 0 Å². The Morgan fingerprint density at radius 2 is 1.84 bits per heavy atom. The van der Waals surface area contributed by atoms with Gasteiger partial charge in [-0.2, -0.15) is 0 Å². The van der Waals surface area contributed by atoms with Gasteiger partial charge >= 0.3 is 0 Å². The van der Waals surface area contributed by atoms with E-state index in [9.17, 15) is 4.79 Å². The first kappa shape index (κ1) is 22.2. The largest absolute Gasteiger partial charge is 0.484 e. The third-order valence-electron chi connectivity index (χ3n) is 5.27. The molecule has 0 aliphatic carbocycles. The van der Waals surface area contributed by atoms with Gasteiger partial charge in [-0.05, 0) is 66.4 Å². The molecule has 0 aliphatic rings. The van der Waals surface area contributed by atoms with E-state index in [0.717, 1.165) is 6.42 Å². The monoisotopic (exact) mass is 468 g/mol. The third kappa shape index (κ3) is 5.06. The summed E-state index contributed by atoms with van der Waals surface area (Å²) in [5.41, 5.74) is 3.79. The van der Waals surface area contributed by atoms with Crippen LogP contribution in [0, 0.1) is 0 Å². The molecular formula is C25H22Cl2N2O3. The molecule has 1 atom stereocenters. The lowest BCUT2D eigenvalue weighted by Gasteiger charge is -2.11. The summed E-state index contributed by atoms with van der Waals surface area (Å²) >= 11 is 12.1. The summed E-state index contributed by atoms with van der Waals surface area (Å²) in [5.74, 6) is 1.32. The predicted molar refractivity (Wildman–Crippen MR) is 129 cm³/mol. The SMILES string of the molecule is CC[C@H](C)c1ccc(OCC(=O)Nc2ccc3oc(-c4ccc(Cl)c(Cl)c4)nc3c2)cc1. The molecule has 0 aliphatic heterocycles. The van der Waals surface area contributed by atoms with E-state index >= 15 is 0 Å². The van der Waals surface area contributed by atoms with E-state index in [1.54, 1.807) is 36.4 Å². The van der Waals surface area contributed by atoms with E-state index in [2.05, 4.69) is 24.1 Å². The van der Waals surface area contributed by atoms with Gasteiger partial charge in [0.2, 0.25) is 5.89 Å². The van der Waals surface area contributed by atoms with Crippen LogP contribution in [0.15, 0.2) is 65.1 Å². The zero-order chi connectivity index (χ0) is 22.7. The summed E-state index contributed by atoms with van der Waals surface area (Å²) in [5, 5.41) is 3.71. The number of carbonyl (C=O) groups excluding carboxylic acids is 1. The zero-order valence-electron chi connectivity index (χ0n) is 17.7. The van der Waals surface area contributed by atoms with E-state index < -0.39 is 0 Å². The molecule has 0 saturated carbocycles. The van der Waals surface area contributed by atoms with E-state index in [1.807, 2.05) is 24.3 Å². The van der Waals surface area contributed by atoms with Gasteiger partial charge in [0.25, 0.3) is 5.91 Å². The standard InChI is InChI=1S/C25H22Cl2N2O3/c1-3-15(2)16-4-8-19(9-5-16)31-14-24(30)28-18-7-11-23-22(13-18)29-25(32-23)17-6-10-20(26)21(27)12-17/h4-13,15H,3,14H2,1-2H3,(H,28,30)/t15-/m0/s1. The Bertz CT molecular complexity index is 1250. The molecule has 0 unspecified atom stereocenters. The van der Waals surface area contributed by atoms with Crippen molar-refractivity contribution in [2.75, 3.05) is 11.9 Å². The molecule has 7 heteroatoms. The minimum absolute atomic E-state index is 0.0892. The molecule has 0 spiro atoms. The van der Waals surface area contributed by atoms with Crippen LogP contribution < -0.4 is 10.1 Å². The van der Waals surface area contributed by atoms with Crippen LogP contribution in [0.5, 0.6) is 5.75 Å². The second-order valence-electron chi connectivity index (χ2n) is 7.55. The average Bonchev–Trinajstić information content (AvgIpc) is 3.23. The fourth-order valence-electron chi connectivity index (χ4n) is 3.23. The lowest BCUT2D eigenvalue weighted by atomic mass is 9.99. The minimum Gasteiger partial charge on any atom is -0.484 e. The summed E-state index contributed by atoms with van der Waals surface area (Å²) in [6, 6.07) is 18.3. The van der Waals surface area contributed by atoms with Crippen LogP contribution in [-0.2, 0) is 4.79 Å². The molecule has 0 fully saturated rings. The maximum atomic E-state index is 12.3. The second-order valence-corrected chi connectivity index (χ2v) is 8.36. The number of hydrogen-bond donors (Lipinski definition) is 1. The first-order valence-corrected chi connectivity index (χ1v) is 11.1. The molecule has 32 heavy (non-hydrogen) atoms. The topological polar surface area (TPSA) is 64.4 Å². The number of aromatic nitrogens is 1. The number of anilines is 1. The number of halogens is 2. The molecule has 3 aromatic carbocycles. The van der Waals surface area contributed by atoms with Crippen LogP contribution in [-0.4, -0.2) is 17.5 Å². The van der Waals surface area contributed by atoms with Gasteiger partial charge in [0.05, 0.1) is 10.0 Å². The molecule has 1 amide bonds. The number of fused-ring (bicyclic) bond motifs is 1. The lowest BCUT2D eigenvalue weighted by molar-refractivity contribution is -0.118. The smallest absolute Gasteiger partial charge is 0.262 e. The Kier molecular flexibility index (Phi) is 6.68. The molecule has 1 aromatic heterocycles. The number of oxazole rings is 1. The van der Waals surface area contributed by atoms with Crippen LogP contribution in [0.25, 0.3) is 22.6 Å². The van der Waals surface area contributed by atoms with Crippen molar-refractivity contribution in [3.8, 4) is 17.2 Å². The highest BCUT2D eigenvalue weighted by Gasteiger charge is 2.12. The molecular weight excluding hydrogens is 447 g/mol. The van der Waals surface area contributed by atoms with Gasteiger partial charge in [-0.3, -0.25) is 4.79 Å². The molecule has 4 aromatic rings. The Hall–Kier alpha value is -3.02. The van der Waals surface area contributed by atoms with Gasteiger partial charge in [0.1, 0.15) is 11.3 Å². The molecule has 5 nitrogen and oxygen atoms in total. The van der Waals surface area contributed by atoms with Gasteiger partial charge in [0.15, 0.2) is 12.2 Å². The fraction of sp³-hybridized carbons (Fsp3) is 0.200. The van der Waals surface area contributed by atoms with Crippen molar-refractivity contribution in [2.45, 2.75) is 26.2 Å². The van der Waals surface area contributed by atoms with Crippen molar-refractivity contribution in [1.82, 2.24) is 4.98 Å². The highest BCUT2D eigenvalue weighted by atomic mass is 35.5. The van der Waals surface area contributed by atoms with Crippen molar-refractivity contribution in [1.29, 1.82) is 0 Å². The summed E-state index contributed by atoms with van der Waals surface area (Å²) in [6.45, 7) is 4.25. The van der Waals surface area contributed by atoms with Crippen molar-refractivity contribution in [2.24, 2.45) is 0 Å². The number of nitrogens with zero attached hydrogens (tertiary/aromatic N) is 1. The first-order valence-electron chi connectivity index (χ1n) is 10.3. The number of rotatable bonds is 7. The van der Waals surface area contributed by atoms with Gasteiger partial charge in [0, 0.05) is 11.3 Å². The van der Waals surface area contributed by atoms with Crippen molar-refractivity contribution < 1.29 is 13.9 Å². The van der Waals surface area contributed by atoms with E-state index in [1.165, 1.54) is 5.56 Å². The molecule has 4 rings (SSSR count). The fourth-order valence-corrected chi connectivity index (χ4v) is 3.53. The molecule has 0 bridgehead atoms. The van der Waals surface area contributed by atoms with Crippen LogP contribution in [0.2, 0.25) is 10.0 Å². The Balaban J connectivity index is 1.40. The summed E-state index contributed by atoms with van der Waals surface area (Å²) < 4.78 is 11.4. The van der Waals surface area contributed by atoms with E-state index in [4.69, 9.17) is 32.4 Å². The maximum Gasteiger partial charge on any atom is 0.262 e. The van der Waals surface area contributed by atoms with Crippen LogP contribution in [0.1, 0.15) is 31.7 Å². The Morgan fingerprint density at radius 1 is 1.06 bits per heavy atom. The van der Waals surface area contributed by atoms with E-state index in [0.29, 0.717) is 50.0 Å². The summed E-state index contributed by atoms with van der Waals surface area (Å²) in [6.07, 6.45) is 1.08. The Morgan fingerprint density at radius 3 is 2.56 bits per heavy atom. The second kappa shape index (κ2) is 9.63. The molecule has 0 saturated heterocycles. The highest BCUT2D eigenvalue weighted by Crippen LogP contribution is 2.31. The molecule has 1 N–H and O–H groups in total. The quantitative estimate of drug-likeness (QED) is 0.308. The van der Waals surface area contributed by atoms with Crippen molar-refractivity contribution in [3.05, 3.63) is 76.3 Å². The van der Waals surface area contributed by atoms with Gasteiger partial charge in [-0.1, -0.05) is 49.2 Å².